The molecule has 0 aliphatic rings. The van der Waals surface area contributed by atoms with E-state index >= 15 is 0 Å². The van der Waals surface area contributed by atoms with Crippen molar-refractivity contribution in [2.75, 3.05) is 0 Å². The van der Waals surface area contributed by atoms with E-state index < -0.39 is 0 Å². The highest BCUT2D eigenvalue weighted by molar-refractivity contribution is 9.10. The van der Waals surface area contributed by atoms with E-state index in [2.05, 4.69) is 41.7 Å². The first-order valence-electron chi connectivity index (χ1n) is 5.75. The van der Waals surface area contributed by atoms with Gasteiger partial charge in [0.05, 0.1) is 10.2 Å². The lowest BCUT2D eigenvalue weighted by Gasteiger charge is -2.18. The van der Waals surface area contributed by atoms with Crippen LogP contribution in [0.2, 0.25) is 0 Å². The minimum Gasteiger partial charge on any atom is -0.512 e. The summed E-state index contributed by atoms with van der Waals surface area (Å²) in [6.07, 6.45) is 1.50. The smallest absolute Gasteiger partial charge is 0.223 e. The summed E-state index contributed by atoms with van der Waals surface area (Å²) in [6, 6.07) is 4.07. The number of rotatable bonds is 1. The molecule has 18 heavy (non-hydrogen) atoms. The van der Waals surface area contributed by atoms with Crippen LogP contribution in [0.15, 0.2) is 26.8 Å². The zero-order valence-corrected chi connectivity index (χ0v) is 12.5. The molecule has 0 fully saturated rings. The van der Waals surface area contributed by atoms with Crippen molar-refractivity contribution < 1.29 is 9.52 Å². The fourth-order valence-electron chi connectivity index (χ4n) is 1.68. The van der Waals surface area contributed by atoms with Crippen molar-refractivity contribution in [1.82, 2.24) is 4.98 Å². The highest BCUT2D eigenvalue weighted by Crippen LogP contribution is 2.32. The summed E-state index contributed by atoms with van der Waals surface area (Å²) in [5, 5.41) is 9.23. The third kappa shape index (κ3) is 2.58. The van der Waals surface area contributed by atoms with Gasteiger partial charge in [-0.1, -0.05) is 20.8 Å². The molecule has 1 aromatic carbocycles. The minimum atomic E-state index is 0.0541. The maximum Gasteiger partial charge on any atom is 0.223 e. The minimum absolute atomic E-state index is 0.0541. The van der Waals surface area contributed by atoms with Crippen molar-refractivity contribution in [2.45, 2.75) is 33.1 Å². The van der Waals surface area contributed by atoms with Gasteiger partial charge in [-0.2, -0.15) is 0 Å². The molecule has 1 aromatic heterocycles. The largest absolute Gasteiger partial charge is 0.512 e. The van der Waals surface area contributed by atoms with Gasteiger partial charge in [0.15, 0.2) is 5.58 Å². The molecule has 4 heteroatoms. The summed E-state index contributed by atoms with van der Waals surface area (Å²) in [6.45, 7) is 8.04. The number of hydrogen-bond acceptors (Lipinski definition) is 3. The van der Waals surface area contributed by atoms with Crippen LogP contribution in [-0.2, 0) is 5.41 Å². The van der Waals surface area contributed by atoms with Crippen LogP contribution in [0.3, 0.4) is 0 Å². The van der Waals surface area contributed by atoms with Crippen LogP contribution >= 0.6 is 15.9 Å². The lowest BCUT2D eigenvalue weighted by atomic mass is 9.87. The predicted molar refractivity (Wildman–Crippen MR) is 76.7 cm³/mol. The first kappa shape index (κ1) is 13.1. The summed E-state index contributed by atoms with van der Waals surface area (Å²) >= 11 is 3.50. The zero-order chi connectivity index (χ0) is 13.5. The second-order valence-electron chi connectivity index (χ2n) is 5.39. The van der Waals surface area contributed by atoms with Crippen molar-refractivity contribution in [3.8, 4) is 0 Å². The maximum atomic E-state index is 9.23. The topological polar surface area (TPSA) is 46.3 Å². The standard InChI is InChI=1S/C14H16BrNO2/c1-8(17)5-12-16-11-7-9(14(2,3)4)6-10(15)13(11)18-12/h5-7,17H,1-4H3. The lowest BCUT2D eigenvalue weighted by molar-refractivity contribution is 0.417. The number of hydrogen-bond donors (Lipinski definition) is 1. The van der Waals surface area contributed by atoms with Crippen molar-refractivity contribution in [1.29, 1.82) is 0 Å². The highest BCUT2D eigenvalue weighted by atomic mass is 79.9. The average Bonchev–Trinajstić information content (AvgIpc) is 2.58. The van der Waals surface area contributed by atoms with Gasteiger partial charge in [-0.25, -0.2) is 4.98 Å². The Hall–Kier alpha value is -1.29. The molecule has 3 nitrogen and oxygen atoms in total. The van der Waals surface area contributed by atoms with E-state index in [1.54, 1.807) is 6.92 Å². The molecule has 0 saturated heterocycles. The first-order valence-corrected chi connectivity index (χ1v) is 6.54. The van der Waals surface area contributed by atoms with E-state index in [-0.39, 0.29) is 11.2 Å². The second kappa shape index (κ2) is 4.43. The molecule has 0 radical (unpaired) electrons. The van der Waals surface area contributed by atoms with E-state index in [9.17, 15) is 5.11 Å². The van der Waals surface area contributed by atoms with Gasteiger partial charge in [0, 0.05) is 6.08 Å². The molecule has 0 unspecified atom stereocenters. The van der Waals surface area contributed by atoms with Crippen LogP contribution in [0.4, 0.5) is 0 Å². The molecule has 0 spiro atoms. The molecule has 0 aliphatic carbocycles. The summed E-state index contributed by atoms with van der Waals surface area (Å²) in [5.74, 6) is 0.588. The Labute approximate surface area is 115 Å². The summed E-state index contributed by atoms with van der Waals surface area (Å²) < 4.78 is 6.47. The molecule has 1 heterocycles. The molecule has 0 aliphatic heterocycles. The SMILES string of the molecule is CC(O)=Cc1nc2cc(C(C)(C)C)cc(Br)c2o1. The Kier molecular flexibility index (Phi) is 3.23. The average molecular weight is 310 g/mol. The molecule has 0 atom stereocenters. The van der Waals surface area contributed by atoms with Crippen LogP contribution in [-0.4, -0.2) is 10.1 Å². The van der Waals surface area contributed by atoms with Gasteiger partial charge < -0.3 is 9.52 Å². The Morgan fingerprint density at radius 1 is 1.39 bits per heavy atom. The molecule has 1 N–H and O–H groups in total. The molecule has 0 saturated carbocycles. The third-order valence-electron chi connectivity index (χ3n) is 2.66. The van der Waals surface area contributed by atoms with E-state index in [0.717, 1.165) is 9.99 Å². The van der Waals surface area contributed by atoms with Crippen LogP contribution in [0.1, 0.15) is 39.1 Å². The highest BCUT2D eigenvalue weighted by Gasteiger charge is 2.18. The number of oxazole rings is 1. The summed E-state index contributed by atoms with van der Waals surface area (Å²) in [4.78, 5) is 4.35. The van der Waals surface area contributed by atoms with Crippen LogP contribution in [0.5, 0.6) is 0 Å². The van der Waals surface area contributed by atoms with Crippen LogP contribution in [0, 0.1) is 0 Å². The number of fused-ring (bicyclic) bond motifs is 1. The predicted octanol–water partition coefficient (Wildman–Crippen LogP) is 4.81. The van der Waals surface area contributed by atoms with Gasteiger partial charge in [0.2, 0.25) is 5.89 Å². The monoisotopic (exact) mass is 309 g/mol. The van der Waals surface area contributed by atoms with Crippen molar-refractivity contribution >= 4 is 33.1 Å². The normalized spacial score (nSPS) is 13.3. The van der Waals surface area contributed by atoms with E-state index in [4.69, 9.17) is 4.42 Å². The number of aliphatic hydroxyl groups is 1. The number of benzene rings is 1. The Morgan fingerprint density at radius 2 is 2.06 bits per heavy atom. The van der Waals surface area contributed by atoms with E-state index in [0.29, 0.717) is 11.5 Å². The van der Waals surface area contributed by atoms with Gasteiger partial charge in [-0.3, -0.25) is 0 Å². The Balaban J connectivity index is 2.63. The van der Waals surface area contributed by atoms with Gasteiger partial charge in [-0.15, -0.1) is 0 Å². The van der Waals surface area contributed by atoms with Gasteiger partial charge >= 0.3 is 0 Å². The van der Waals surface area contributed by atoms with E-state index in [1.807, 2.05) is 12.1 Å². The second-order valence-corrected chi connectivity index (χ2v) is 6.25. The van der Waals surface area contributed by atoms with Gasteiger partial charge in [0.1, 0.15) is 5.52 Å². The van der Waals surface area contributed by atoms with Crippen molar-refractivity contribution in [3.63, 3.8) is 0 Å². The van der Waals surface area contributed by atoms with Gasteiger partial charge in [0.25, 0.3) is 0 Å². The summed E-state index contributed by atoms with van der Waals surface area (Å²) in [5.41, 5.74) is 2.74. The number of aromatic nitrogens is 1. The fourth-order valence-corrected chi connectivity index (χ4v) is 2.21. The van der Waals surface area contributed by atoms with Gasteiger partial charge in [-0.05, 0) is 46.0 Å². The van der Waals surface area contributed by atoms with Crippen LogP contribution < -0.4 is 0 Å². The number of nitrogens with zero attached hydrogens (tertiary/aromatic N) is 1. The van der Waals surface area contributed by atoms with Crippen molar-refractivity contribution in [2.24, 2.45) is 0 Å². The Morgan fingerprint density at radius 3 is 2.61 bits per heavy atom. The molecule has 2 rings (SSSR count). The van der Waals surface area contributed by atoms with Crippen molar-refractivity contribution in [3.05, 3.63) is 33.8 Å². The molecule has 2 aromatic rings. The first-order chi connectivity index (χ1) is 8.27. The quantitative estimate of drug-likeness (QED) is 0.769. The lowest BCUT2D eigenvalue weighted by Crippen LogP contribution is -2.10. The number of allylic oxidation sites excluding steroid dienone is 1. The molecule has 96 valence electrons. The maximum absolute atomic E-state index is 9.23. The van der Waals surface area contributed by atoms with E-state index in [1.165, 1.54) is 11.6 Å². The molecule has 0 bridgehead atoms. The fraction of sp³-hybridized carbons (Fsp3) is 0.357. The number of aliphatic hydroxyl groups excluding tert-OH is 1. The molecular formula is C14H16BrNO2. The molecule has 0 amide bonds. The Bertz CT molecular complexity index is 616. The summed E-state index contributed by atoms with van der Waals surface area (Å²) in [7, 11) is 0. The number of halogens is 1. The van der Waals surface area contributed by atoms with Crippen LogP contribution in [0.25, 0.3) is 17.2 Å². The molecular weight excluding hydrogens is 294 g/mol. The zero-order valence-electron chi connectivity index (χ0n) is 10.9. The third-order valence-corrected chi connectivity index (χ3v) is 3.25.